The van der Waals surface area contributed by atoms with Crippen LogP contribution >= 0.6 is 22.9 Å². The molecule has 0 aliphatic rings. The van der Waals surface area contributed by atoms with Crippen LogP contribution in [0.3, 0.4) is 0 Å². The summed E-state index contributed by atoms with van der Waals surface area (Å²) in [5.41, 5.74) is 3.16. The number of nitrogens with one attached hydrogen (secondary N) is 1. The number of aryl methyl sites for hydroxylation is 2. The van der Waals surface area contributed by atoms with Crippen molar-refractivity contribution in [2.45, 2.75) is 20.4 Å². The minimum atomic E-state index is 0.757. The van der Waals surface area contributed by atoms with E-state index in [-0.39, 0.29) is 0 Å². The van der Waals surface area contributed by atoms with Gasteiger partial charge in [0.05, 0.1) is 33.6 Å². The Kier molecular flexibility index (Phi) is 4.32. The Morgan fingerprint density at radius 3 is 2.63 bits per heavy atom. The van der Waals surface area contributed by atoms with Crippen molar-refractivity contribution in [1.82, 2.24) is 4.98 Å². The van der Waals surface area contributed by atoms with E-state index in [1.165, 1.54) is 4.88 Å². The van der Waals surface area contributed by atoms with E-state index in [2.05, 4.69) is 10.3 Å². The van der Waals surface area contributed by atoms with E-state index >= 15 is 0 Å². The predicted octanol–water partition coefficient (Wildman–Crippen LogP) is 4.09. The molecule has 0 fully saturated rings. The molecular formula is C14H18ClN3S. The van der Waals surface area contributed by atoms with Gasteiger partial charge in [-0.2, -0.15) is 0 Å². The molecule has 0 bridgehead atoms. The second-order valence-electron chi connectivity index (χ2n) is 4.63. The van der Waals surface area contributed by atoms with Gasteiger partial charge in [0.1, 0.15) is 0 Å². The normalized spacial score (nSPS) is 10.6. The Labute approximate surface area is 123 Å². The molecule has 0 atom stereocenters. The van der Waals surface area contributed by atoms with E-state index in [9.17, 15) is 0 Å². The van der Waals surface area contributed by atoms with Crippen LogP contribution in [-0.4, -0.2) is 19.1 Å². The molecule has 3 nitrogen and oxygen atoms in total. The van der Waals surface area contributed by atoms with Crippen LogP contribution in [0.4, 0.5) is 11.4 Å². The third-order valence-electron chi connectivity index (χ3n) is 2.87. The number of benzene rings is 1. The number of rotatable bonds is 4. The first-order valence-corrected chi connectivity index (χ1v) is 7.31. The first-order chi connectivity index (χ1) is 8.99. The molecule has 0 amide bonds. The Morgan fingerprint density at radius 2 is 2.05 bits per heavy atom. The van der Waals surface area contributed by atoms with Crippen molar-refractivity contribution < 1.29 is 0 Å². The summed E-state index contributed by atoms with van der Waals surface area (Å²) >= 11 is 7.98. The fourth-order valence-corrected chi connectivity index (χ4v) is 3.25. The van der Waals surface area contributed by atoms with Gasteiger partial charge in [-0.1, -0.05) is 17.7 Å². The minimum Gasteiger partial charge on any atom is -0.378 e. The fourth-order valence-electron chi connectivity index (χ4n) is 2.03. The van der Waals surface area contributed by atoms with Crippen molar-refractivity contribution in [3.63, 3.8) is 0 Å². The zero-order valence-corrected chi connectivity index (χ0v) is 13.2. The van der Waals surface area contributed by atoms with Crippen LogP contribution in [0.1, 0.15) is 15.6 Å². The number of anilines is 2. The molecule has 0 spiro atoms. The number of hydrogen-bond acceptors (Lipinski definition) is 4. The molecule has 0 aliphatic heterocycles. The Bertz CT molecular complexity index is 578. The molecule has 1 heterocycles. The molecule has 5 heteroatoms. The van der Waals surface area contributed by atoms with Crippen molar-refractivity contribution in [2.24, 2.45) is 0 Å². The largest absolute Gasteiger partial charge is 0.378 e. The summed E-state index contributed by atoms with van der Waals surface area (Å²) in [4.78, 5) is 7.73. The molecule has 2 rings (SSSR count). The lowest BCUT2D eigenvalue weighted by atomic mass is 10.2. The number of aromatic nitrogens is 1. The van der Waals surface area contributed by atoms with Crippen LogP contribution in [0.2, 0.25) is 5.02 Å². The summed E-state index contributed by atoms with van der Waals surface area (Å²) in [6.45, 7) is 4.86. The summed E-state index contributed by atoms with van der Waals surface area (Å²) in [7, 11) is 3.99. The molecule has 1 aromatic carbocycles. The lowest BCUT2D eigenvalue weighted by Crippen LogP contribution is -2.12. The maximum Gasteiger partial charge on any atom is 0.0900 e. The topological polar surface area (TPSA) is 28.2 Å². The van der Waals surface area contributed by atoms with Gasteiger partial charge in [-0.3, -0.25) is 0 Å². The number of halogens is 1. The molecule has 19 heavy (non-hydrogen) atoms. The van der Waals surface area contributed by atoms with Crippen LogP contribution in [0, 0.1) is 13.8 Å². The van der Waals surface area contributed by atoms with Crippen molar-refractivity contribution >= 4 is 34.3 Å². The summed E-state index contributed by atoms with van der Waals surface area (Å²) in [6, 6.07) is 5.91. The first-order valence-electron chi connectivity index (χ1n) is 6.11. The van der Waals surface area contributed by atoms with Gasteiger partial charge in [0, 0.05) is 19.0 Å². The SMILES string of the molecule is Cc1nc(C)c(CNc2cccc(Cl)c2N(C)C)s1. The van der Waals surface area contributed by atoms with Crippen LogP contribution in [-0.2, 0) is 6.54 Å². The highest BCUT2D eigenvalue weighted by molar-refractivity contribution is 7.11. The quantitative estimate of drug-likeness (QED) is 0.921. The van der Waals surface area contributed by atoms with E-state index in [1.54, 1.807) is 11.3 Å². The third-order valence-corrected chi connectivity index (χ3v) is 4.25. The van der Waals surface area contributed by atoms with Crippen molar-refractivity contribution in [3.05, 3.63) is 38.8 Å². The van der Waals surface area contributed by atoms with Crippen molar-refractivity contribution in [3.8, 4) is 0 Å². The van der Waals surface area contributed by atoms with E-state index < -0.39 is 0 Å². The van der Waals surface area contributed by atoms with Crippen molar-refractivity contribution in [1.29, 1.82) is 0 Å². The lowest BCUT2D eigenvalue weighted by molar-refractivity contribution is 1.09. The van der Waals surface area contributed by atoms with Gasteiger partial charge in [0.2, 0.25) is 0 Å². The molecule has 0 saturated carbocycles. The number of nitrogens with zero attached hydrogens (tertiary/aromatic N) is 2. The second-order valence-corrected chi connectivity index (χ2v) is 6.32. The number of thiazole rings is 1. The Hall–Kier alpha value is -1.26. The smallest absolute Gasteiger partial charge is 0.0900 e. The average molecular weight is 296 g/mol. The van der Waals surface area contributed by atoms with Crippen molar-refractivity contribution in [2.75, 3.05) is 24.3 Å². The van der Waals surface area contributed by atoms with Gasteiger partial charge in [-0.25, -0.2) is 4.98 Å². The van der Waals surface area contributed by atoms with Gasteiger partial charge in [-0.05, 0) is 26.0 Å². The molecular weight excluding hydrogens is 278 g/mol. The number of para-hydroxylation sites is 1. The van der Waals surface area contributed by atoms with E-state index in [0.29, 0.717) is 0 Å². The Morgan fingerprint density at radius 1 is 1.32 bits per heavy atom. The van der Waals surface area contributed by atoms with Crippen LogP contribution < -0.4 is 10.2 Å². The molecule has 0 aliphatic carbocycles. The number of hydrogen-bond donors (Lipinski definition) is 1. The maximum absolute atomic E-state index is 6.25. The summed E-state index contributed by atoms with van der Waals surface area (Å²) in [6.07, 6.45) is 0. The third kappa shape index (κ3) is 3.19. The molecule has 102 valence electrons. The zero-order valence-electron chi connectivity index (χ0n) is 11.6. The predicted molar refractivity (Wildman–Crippen MR) is 84.7 cm³/mol. The van der Waals surface area contributed by atoms with E-state index in [1.807, 2.05) is 51.0 Å². The maximum atomic E-state index is 6.25. The molecule has 2 aromatic rings. The van der Waals surface area contributed by atoms with Gasteiger partial charge >= 0.3 is 0 Å². The standard InChI is InChI=1S/C14H18ClN3S/c1-9-13(19-10(2)17-9)8-16-12-7-5-6-11(15)14(12)18(3)4/h5-7,16H,8H2,1-4H3. The van der Waals surface area contributed by atoms with Crippen LogP contribution in [0.5, 0.6) is 0 Å². The first kappa shape index (κ1) is 14.2. The zero-order chi connectivity index (χ0) is 14.0. The average Bonchev–Trinajstić information content (AvgIpc) is 2.64. The Balaban J connectivity index is 2.20. The van der Waals surface area contributed by atoms with Gasteiger partial charge < -0.3 is 10.2 Å². The molecule has 0 unspecified atom stereocenters. The minimum absolute atomic E-state index is 0.757. The van der Waals surface area contributed by atoms with Gasteiger partial charge in [0.25, 0.3) is 0 Å². The molecule has 0 radical (unpaired) electrons. The van der Waals surface area contributed by atoms with Crippen LogP contribution in [0.15, 0.2) is 18.2 Å². The highest BCUT2D eigenvalue weighted by Crippen LogP contribution is 2.33. The van der Waals surface area contributed by atoms with E-state index in [4.69, 9.17) is 11.6 Å². The van der Waals surface area contributed by atoms with Crippen LogP contribution in [0.25, 0.3) is 0 Å². The highest BCUT2D eigenvalue weighted by atomic mass is 35.5. The second kappa shape index (κ2) is 5.80. The molecule has 1 aromatic heterocycles. The summed E-state index contributed by atoms with van der Waals surface area (Å²) in [5, 5.41) is 5.31. The summed E-state index contributed by atoms with van der Waals surface area (Å²) < 4.78 is 0. The fraction of sp³-hybridized carbons (Fsp3) is 0.357. The molecule has 1 N–H and O–H groups in total. The molecule has 0 saturated heterocycles. The van der Waals surface area contributed by atoms with Gasteiger partial charge in [-0.15, -0.1) is 11.3 Å². The van der Waals surface area contributed by atoms with Gasteiger partial charge in [0.15, 0.2) is 0 Å². The monoisotopic (exact) mass is 295 g/mol. The summed E-state index contributed by atoms with van der Waals surface area (Å²) in [5.74, 6) is 0. The van der Waals surface area contributed by atoms with E-state index in [0.717, 1.165) is 33.6 Å². The highest BCUT2D eigenvalue weighted by Gasteiger charge is 2.10. The lowest BCUT2D eigenvalue weighted by Gasteiger charge is -2.19.